The normalized spacial score (nSPS) is 16.4. The van der Waals surface area contributed by atoms with Crippen molar-refractivity contribution in [3.8, 4) is 0 Å². The minimum absolute atomic E-state index is 0. The Morgan fingerprint density at radius 3 is 2.52 bits per heavy atom. The van der Waals surface area contributed by atoms with Gasteiger partial charge < -0.3 is 9.88 Å². The number of nitrogens with one attached hydrogen (secondary N) is 1. The van der Waals surface area contributed by atoms with Crippen molar-refractivity contribution in [1.82, 2.24) is 14.8 Å². The molecule has 3 nitrogen and oxygen atoms in total. The fraction of sp³-hybridized carbons (Fsp3) is 0.444. The van der Waals surface area contributed by atoms with Gasteiger partial charge in [0.2, 0.25) is 0 Å². The highest BCUT2D eigenvalue weighted by molar-refractivity contribution is 5.86. The number of halogens is 2. The third-order valence-corrected chi connectivity index (χ3v) is 4.42. The Morgan fingerprint density at radius 2 is 1.87 bits per heavy atom. The molecule has 1 saturated heterocycles. The first-order valence-electron chi connectivity index (χ1n) is 7.80. The molecule has 2 heterocycles. The van der Waals surface area contributed by atoms with E-state index in [0.717, 1.165) is 32.6 Å². The number of para-hydroxylation sites is 1. The zero-order chi connectivity index (χ0) is 14.8. The molecule has 0 bridgehead atoms. The molecule has 23 heavy (non-hydrogen) atoms. The molecule has 5 heteroatoms. The van der Waals surface area contributed by atoms with Crippen LogP contribution in [0, 0.1) is 0 Å². The lowest BCUT2D eigenvalue weighted by molar-refractivity contribution is 0.173. The number of nitrogens with zero attached hydrogens (tertiary/aromatic N) is 2. The van der Waals surface area contributed by atoms with Crippen LogP contribution >= 0.6 is 24.8 Å². The summed E-state index contributed by atoms with van der Waals surface area (Å²) < 4.78 is 2.25. The summed E-state index contributed by atoms with van der Waals surface area (Å²) in [6.07, 6.45) is 3.34. The quantitative estimate of drug-likeness (QED) is 0.838. The van der Waals surface area contributed by atoms with Crippen LogP contribution in [0.5, 0.6) is 0 Å². The Bertz CT molecular complexity index is 645. The van der Waals surface area contributed by atoms with Crippen molar-refractivity contribution in [2.45, 2.75) is 19.4 Å². The van der Waals surface area contributed by atoms with Gasteiger partial charge in [0.05, 0.1) is 0 Å². The topological polar surface area (TPSA) is 20.2 Å². The SMILES string of the molecule is C=C(C)C[C@H](c1cn(C)c2ccccc12)N1CCNCC1.Cl.Cl. The van der Waals surface area contributed by atoms with Gasteiger partial charge in [-0.3, -0.25) is 4.90 Å². The van der Waals surface area contributed by atoms with E-state index in [-0.39, 0.29) is 24.8 Å². The molecule has 1 aliphatic rings. The maximum Gasteiger partial charge on any atom is 0.0481 e. The van der Waals surface area contributed by atoms with Gasteiger partial charge in [0, 0.05) is 56.4 Å². The van der Waals surface area contributed by atoms with Gasteiger partial charge in [0.15, 0.2) is 0 Å². The maximum atomic E-state index is 4.15. The Kier molecular flexibility index (Phi) is 7.62. The lowest BCUT2D eigenvalue weighted by Gasteiger charge is -2.35. The van der Waals surface area contributed by atoms with E-state index in [1.54, 1.807) is 0 Å². The van der Waals surface area contributed by atoms with Crippen LogP contribution in [0.25, 0.3) is 10.9 Å². The van der Waals surface area contributed by atoms with E-state index >= 15 is 0 Å². The summed E-state index contributed by atoms with van der Waals surface area (Å²) in [5.41, 5.74) is 4.01. The molecular weight excluding hydrogens is 329 g/mol. The van der Waals surface area contributed by atoms with Crippen molar-refractivity contribution in [2.75, 3.05) is 26.2 Å². The lowest BCUT2D eigenvalue weighted by atomic mass is 9.97. The number of benzene rings is 1. The predicted molar refractivity (Wildman–Crippen MR) is 104 cm³/mol. The van der Waals surface area contributed by atoms with Crippen molar-refractivity contribution in [3.63, 3.8) is 0 Å². The predicted octanol–water partition coefficient (Wildman–Crippen LogP) is 3.93. The van der Waals surface area contributed by atoms with Crippen LogP contribution < -0.4 is 5.32 Å². The third-order valence-electron chi connectivity index (χ3n) is 4.42. The lowest BCUT2D eigenvalue weighted by Crippen LogP contribution is -2.45. The highest BCUT2D eigenvalue weighted by Crippen LogP contribution is 2.33. The summed E-state index contributed by atoms with van der Waals surface area (Å²) in [4.78, 5) is 2.60. The highest BCUT2D eigenvalue weighted by Gasteiger charge is 2.24. The van der Waals surface area contributed by atoms with Gasteiger partial charge in [-0.25, -0.2) is 0 Å². The molecule has 0 amide bonds. The van der Waals surface area contributed by atoms with Gasteiger partial charge in [-0.2, -0.15) is 0 Å². The molecule has 0 radical (unpaired) electrons. The molecule has 1 fully saturated rings. The smallest absolute Gasteiger partial charge is 0.0481 e. The first-order chi connectivity index (χ1) is 10.2. The second-order valence-electron chi connectivity index (χ2n) is 6.18. The second kappa shape index (κ2) is 8.74. The molecule has 0 unspecified atom stereocenters. The van der Waals surface area contributed by atoms with Crippen LogP contribution in [-0.4, -0.2) is 35.6 Å². The molecule has 0 aliphatic carbocycles. The number of piperazine rings is 1. The summed E-state index contributed by atoms with van der Waals surface area (Å²) in [5, 5.41) is 4.83. The molecule has 2 aromatic rings. The molecule has 1 aromatic heterocycles. The number of rotatable bonds is 4. The minimum Gasteiger partial charge on any atom is -0.350 e. The molecule has 0 saturated carbocycles. The van der Waals surface area contributed by atoms with E-state index in [4.69, 9.17) is 0 Å². The van der Waals surface area contributed by atoms with Gasteiger partial charge in [-0.15, -0.1) is 31.4 Å². The maximum absolute atomic E-state index is 4.15. The Morgan fingerprint density at radius 1 is 1.22 bits per heavy atom. The van der Waals surface area contributed by atoms with E-state index in [0.29, 0.717) is 6.04 Å². The molecule has 1 atom stereocenters. The van der Waals surface area contributed by atoms with Gasteiger partial charge in [-0.05, 0) is 25.0 Å². The van der Waals surface area contributed by atoms with Gasteiger partial charge in [0.1, 0.15) is 0 Å². The molecule has 1 N–H and O–H groups in total. The largest absolute Gasteiger partial charge is 0.350 e. The monoisotopic (exact) mass is 355 g/mol. The fourth-order valence-electron chi connectivity index (χ4n) is 3.40. The van der Waals surface area contributed by atoms with Gasteiger partial charge >= 0.3 is 0 Å². The van der Waals surface area contributed by atoms with Crippen molar-refractivity contribution in [1.29, 1.82) is 0 Å². The van der Waals surface area contributed by atoms with Crippen molar-refractivity contribution >= 4 is 35.7 Å². The van der Waals surface area contributed by atoms with Crippen LogP contribution in [0.4, 0.5) is 0 Å². The first kappa shape index (κ1) is 20.0. The van der Waals surface area contributed by atoms with E-state index in [1.165, 1.54) is 22.0 Å². The first-order valence-corrected chi connectivity index (χ1v) is 7.80. The van der Waals surface area contributed by atoms with Crippen LogP contribution in [0.15, 0.2) is 42.6 Å². The van der Waals surface area contributed by atoms with Crippen molar-refractivity contribution in [3.05, 3.63) is 48.2 Å². The standard InChI is InChI=1S/C18H25N3.2ClH/c1-14(2)12-18(21-10-8-19-9-11-21)16-13-20(3)17-7-5-4-6-15(16)17;;/h4-7,13,18-19H,1,8-12H2,2-3H3;2*1H/t18-;;/m1../s1. The summed E-state index contributed by atoms with van der Waals surface area (Å²) in [5.74, 6) is 0. The van der Waals surface area contributed by atoms with Crippen LogP contribution in [0.2, 0.25) is 0 Å². The Balaban J connectivity index is 0.00000132. The summed E-state index contributed by atoms with van der Waals surface area (Å²) in [6, 6.07) is 9.15. The van der Waals surface area contributed by atoms with Crippen LogP contribution in [0.1, 0.15) is 24.9 Å². The van der Waals surface area contributed by atoms with E-state index in [1.807, 2.05) is 0 Å². The number of hydrogen-bond donors (Lipinski definition) is 1. The highest BCUT2D eigenvalue weighted by atomic mass is 35.5. The Hall–Kier alpha value is -1.000. The number of aryl methyl sites for hydroxylation is 1. The second-order valence-corrected chi connectivity index (χ2v) is 6.18. The molecule has 0 spiro atoms. The molecule has 1 aromatic carbocycles. The van der Waals surface area contributed by atoms with Crippen LogP contribution in [0.3, 0.4) is 0 Å². The number of hydrogen-bond acceptors (Lipinski definition) is 2. The number of aromatic nitrogens is 1. The molecule has 3 rings (SSSR count). The zero-order valence-electron chi connectivity index (χ0n) is 13.9. The van der Waals surface area contributed by atoms with Gasteiger partial charge in [-0.1, -0.05) is 23.8 Å². The van der Waals surface area contributed by atoms with Gasteiger partial charge in [0.25, 0.3) is 0 Å². The van der Waals surface area contributed by atoms with E-state index in [2.05, 4.69) is 65.8 Å². The summed E-state index contributed by atoms with van der Waals surface area (Å²) >= 11 is 0. The molecule has 1 aliphatic heterocycles. The molecular formula is C18H27Cl2N3. The summed E-state index contributed by atoms with van der Waals surface area (Å²) in [6.45, 7) is 10.7. The average Bonchev–Trinajstić information content (AvgIpc) is 2.83. The fourth-order valence-corrected chi connectivity index (χ4v) is 3.40. The number of fused-ring (bicyclic) bond motifs is 1. The molecule has 128 valence electrons. The van der Waals surface area contributed by atoms with E-state index < -0.39 is 0 Å². The Labute approximate surface area is 151 Å². The third kappa shape index (κ3) is 4.30. The van der Waals surface area contributed by atoms with Crippen molar-refractivity contribution in [2.24, 2.45) is 7.05 Å². The van der Waals surface area contributed by atoms with Crippen LogP contribution in [-0.2, 0) is 7.05 Å². The van der Waals surface area contributed by atoms with Crippen molar-refractivity contribution < 1.29 is 0 Å². The van der Waals surface area contributed by atoms with E-state index in [9.17, 15) is 0 Å². The summed E-state index contributed by atoms with van der Waals surface area (Å²) in [7, 11) is 2.14. The zero-order valence-corrected chi connectivity index (χ0v) is 15.6. The average molecular weight is 356 g/mol. The minimum atomic E-state index is 0.